The predicted molar refractivity (Wildman–Crippen MR) is 74.7 cm³/mol. The quantitative estimate of drug-likeness (QED) is 0.671. The number of carboxylic acid groups (broad SMARTS) is 1. The first-order chi connectivity index (χ1) is 10.1. The van der Waals surface area contributed by atoms with Crippen molar-refractivity contribution in [1.82, 2.24) is 25.4 Å². The Kier molecular flexibility index (Phi) is 4.77. The summed E-state index contributed by atoms with van der Waals surface area (Å²) in [7, 11) is 0. The van der Waals surface area contributed by atoms with Crippen LogP contribution in [-0.4, -0.2) is 55.8 Å². The summed E-state index contributed by atoms with van der Waals surface area (Å²) in [5.41, 5.74) is -1.05. The van der Waals surface area contributed by atoms with E-state index in [2.05, 4.69) is 20.5 Å². The highest BCUT2D eigenvalue weighted by Gasteiger charge is 2.48. The van der Waals surface area contributed by atoms with E-state index in [1.165, 1.54) is 11.2 Å². The first-order valence-corrected chi connectivity index (χ1v) is 7.23. The number of rotatable bonds is 6. The summed E-state index contributed by atoms with van der Waals surface area (Å²) >= 11 is 0. The van der Waals surface area contributed by atoms with Crippen LogP contribution in [0.25, 0.3) is 0 Å². The largest absolute Gasteiger partial charge is 0.479 e. The Labute approximate surface area is 122 Å². The van der Waals surface area contributed by atoms with Crippen LogP contribution in [0.15, 0.2) is 6.33 Å². The Morgan fingerprint density at radius 1 is 1.57 bits per heavy atom. The molecule has 116 valence electrons. The molecule has 0 radical (unpaired) electrons. The van der Waals surface area contributed by atoms with Crippen molar-refractivity contribution in [1.29, 1.82) is 0 Å². The topological polar surface area (TPSA) is 111 Å². The van der Waals surface area contributed by atoms with E-state index in [1.54, 1.807) is 0 Å². The lowest BCUT2D eigenvalue weighted by molar-refractivity contribution is -0.148. The number of likely N-dealkylation sites (tertiary alicyclic amines) is 1. The molecule has 0 aliphatic carbocycles. The fourth-order valence-electron chi connectivity index (χ4n) is 2.81. The van der Waals surface area contributed by atoms with Crippen LogP contribution in [0.3, 0.4) is 0 Å². The van der Waals surface area contributed by atoms with Gasteiger partial charge in [-0.15, -0.1) is 0 Å². The van der Waals surface area contributed by atoms with E-state index in [1.807, 2.05) is 6.92 Å². The van der Waals surface area contributed by atoms with Crippen LogP contribution >= 0.6 is 0 Å². The summed E-state index contributed by atoms with van der Waals surface area (Å²) in [6.07, 6.45) is 4.53. The minimum atomic E-state index is -1.05. The number of carbonyl (C=O) groups is 2. The van der Waals surface area contributed by atoms with E-state index in [9.17, 15) is 14.7 Å². The van der Waals surface area contributed by atoms with E-state index in [0.717, 1.165) is 18.7 Å². The highest BCUT2D eigenvalue weighted by Crippen LogP contribution is 2.32. The van der Waals surface area contributed by atoms with Crippen molar-refractivity contribution >= 4 is 12.0 Å². The summed E-state index contributed by atoms with van der Waals surface area (Å²) in [5.74, 6) is -0.141. The molecule has 1 aromatic heterocycles. The van der Waals surface area contributed by atoms with Crippen LogP contribution in [0.2, 0.25) is 0 Å². The molecule has 1 aliphatic rings. The third-order valence-electron chi connectivity index (χ3n) is 4.05. The summed E-state index contributed by atoms with van der Waals surface area (Å²) in [6.45, 7) is 2.78. The molecule has 21 heavy (non-hydrogen) atoms. The first kappa shape index (κ1) is 15.3. The summed E-state index contributed by atoms with van der Waals surface area (Å²) in [4.78, 5) is 29.2. The van der Waals surface area contributed by atoms with Gasteiger partial charge in [0.2, 0.25) is 0 Å². The predicted octanol–water partition coefficient (Wildman–Crippen LogP) is 0.776. The van der Waals surface area contributed by atoms with Gasteiger partial charge in [0, 0.05) is 19.5 Å². The SMILES string of the molecule is CCC1(C(=O)O)CCCN1C(=O)NCCCc1ncn[nH]1. The fraction of sp³-hybridized carbons (Fsp3) is 0.692. The number of aryl methyl sites for hydroxylation is 1. The first-order valence-electron chi connectivity index (χ1n) is 7.23. The molecular weight excluding hydrogens is 274 g/mol. The van der Waals surface area contributed by atoms with Crippen molar-refractivity contribution in [2.75, 3.05) is 13.1 Å². The molecule has 1 aliphatic heterocycles. The van der Waals surface area contributed by atoms with Crippen LogP contribution in [0.4, 0.5) is 4.79 Å². The number of hydrogen-bond acceptors (Lipinski definition) is 4. The zero-order valence-electron chi connectivity index (χ0n) is 12.1. The number of aromatic amines is 1. The molecule has 1 unspecified atom stereocenters. The average molecular weight is 295 g/mol. The van der Waals surface area contributed by atoms with E-state index in [0.29, 0.717) is 32.4 Å². The maximum absolute atomic E-state index is 12.2. The number of aromatic nitrogens is 3. The molecule has 2 amide bonds. The second kappa shape index (κ2) is 6.55. The van der Waals surface area contributed by atoms with Gasteiger partial charge in [0.25, 0.3) is 0 Å². The molecule has 1 aromatic rings. The number of H-pyrrole nitrogens is 1. The van der Waals surface area contributed by atoms with Gasteiger partial charge in [-0.25, -0.2) is 14.6 Å². The molecule has 1 fully saturated rings. The fourth-order valence-corrected chi connectivity index (χ4v) is 2.81. The number of nitrogens with one attached hydrogen (secondary N) is 2. The Morgan fingerprint density at radius 3 is 3.00 bits per heavy atom. The van der Waals surface area contributed by atoms with E-state index >= 15 is 0 Å². The smallest absolute Gasteiger partial charge is 0.329 e. The zero-order valence-corrected chi connectivity index (χ0v) is 12.1. The minimum Gasteiger partial charge on any atom is -0.479 e. The molecule has 1 atom stereocenters. The summed E-state index contributed by atoms with van der Waals surface area (Å²) < 4.78 is 0. The van der Waals surface area contributed by atoms with Gasteiger partial charge in [0.05, 0.1) is 0 Å². The number of hydrogen-bond donors (Lipinski definition) is 3. The van der Waals surface area contributed by atoms with Gasteiger partial charge < -0.3 is 15.3 Å². The van der Waals surface area contributed by atoms with Crippen LogP contribution in [-0.2, 0) is 11.2 Å². The second-order valence-electron chi connectivity index (χ2n) is 5.21. The van der Waals surface area contributed by atoms with Gasteiger partial charge in [-0.2, -0.15) is 5.10 Å². The Hall–Kier alpha value is -2.12. The standard InChI is InChI=1S/C13H21N5O3/c1-2-13(11(19)20)6-4-8-18(13)12(21)14-7-3-5-10-15-9-16-17-10/h9H,2-8H2,1H3,(H,14,21)(H,19,20)(H,15,16,17). The van der Waals surface area contributed by atoms with Crippen molar-refractivity contribution in [2.24, 2.45) is 0 Å². The normalized spacial score (nSPS) is 21.5. The van der Waals surface area contributed by atoms with E-state index in [-0.39, 0.29) is 6.03 Å². The van der Waals surface area contributed by atoms with Crippen molar-refractivity contribution in [3.05, 3.63) is 12.2 Å². The van der Waals surface area contributed by atoms with Crippen LogP contribution in [0, 0.1) is 0 Å². The second-order valence-corrected chi connectivity index (χ2v) is 5.21. The monoisotopic (exact) mass is 295 g/mol. The van der Waals surface area contributed by atoms with Gasteiger partial charge in [0.1, 0.15) is 17.7 Å². The molecule has 2 rings (SSSR count). The molecule has 8 nitrogen and oxygen atoms in total. The molecule has 8 heteroatoms. The van der Waals surface area contributed by atoms with Crippen LogP contribution in [0.1, 0.15) is 38.4 Å². The molecule has 0 aromatic carbocycles. The number of nitrogens with zero attached hydrogens (tertiary/aromatic N) is 3. The number of aliphatic carboxylic acids is 1. The zero-order chi connectivity index (χ0) is 15.3. The van der Waals surface area contributed by atoms with Crippen LogP contribution in [0.5, 0.6) is 0 Å². The summed E-state index contributed by atoms with van der Waals surface area (Å²) in [5, 5.41) is 18.7. The Morgan fingerprint density at radius 2 is 2.38 bits per heavy atom. The third kappa shape index (κ3) is 3.14. The van der Waals surface area contributed by atoms with Gasteiger partial charge in [-0.3, -0.25) is 5.10 Å². The minimum absolute atomic E-state index is 0.297. The van der Waals surface area contributed by atoms with Gasteiger partial charge >= 0.3 is 12.0 Å². The summed E-state index contributed by atoms with van der Waals surface area (Å²) in [6, 6.07) is -0.297. The molecule has 2 heterocycles. The maximum Gasteiger partial charge on any atom is 0.329 e. The molecule has 1 saturated heterocycles. The Balaban J connectivity index is 1.83. The lowest BCUT2D eigenvalue weighted by Crippen LogP contribution is -2.55. The van der Waals surface area contributed by atoms with Crippen LogP contribution < -0.4 is 5.32 Å². The van der Waals surface area contributed by atoms with Gasteiger partial charge in [-0.1, -0.05) is 6.92 Å². The molecular formula is C13H21N5O3. The molecule has 3 N–H and O–H groups in total. The maximum atomic E-state index is 12.2. The molecule has 0 bridgehead atoms. The number of carboxylic acids is 1. The van der Waals surface area contributed by atoms with Crippen molar-refractivity contribution in [2.45, 2.75) is 44.6 Å². The number of carbonyl (C=O) groups excluding carboxylic acids is 1. The Bertz CT molecular complexity index is 490. The molecule has 0 saturated carbocycles. The lowest BCUT2D eigenvalue weighted by atomic mass is 9.93. The van der Waals surface area contributed by atoms with Gasteiger partial charge in [0.15, 0.2) is 0 Å². The van der Waals surface area contributed by atoms with E-state index < -0.39 is 11.5 Å². The lowest BCUT2D eigenvalue weighted by Gasteiger charge is -2.33. The van der Waals surface area contributed by atoms with E-state index in [4.69, 9.17) is 0 Å². The van der Waals surface area contributed by atoms with Crippen molar-refractivity contribution < 1.29 is 14.7 Å². The number of amides is 2. The highest BCUT2D eigenvalue weighted by molar-refractivity contribution is 5.87. The molecule has 0 spiro atoms. The highest BCUT2D eigenvalue weighted by atomic mass is 16.4. The van der Waals surface area contributed by atoms with Crippen molar-refractivity contribution in [3.8, 4) is 0 Å². The number of urea groups is 1. The van der Waals surface area contributed by atoms with Gasteiger partial charge in [-0.05, 0) is 25.7 Å². The average Bonchev–Trinajstić information content (AvgIpc) is 3.12. The van der Waals surface area contributed by atoms with Crippen molar-refractivity contribution in [3.63, 3.8) is 0 Å². The third-order valence-corrected chi connectivity index (χ3v) is 4.05.